The van der Waals surface area contributed by atoms with Gasteiger partial charge in [-0.3, -0.25) is 4.98 Å². The maximum absolute atomic E-state index is 5.64. The number of hydrogen-bond acceptors (Lipinski definition) is 3. The number of ether oxygens (including phenoxy) is 1. The van der Waals surface area contributed by atoms with Crippen molar-refractivity contribution in [3.8, 4) is 5.75 Å². The first-order chi connectivity index (χ1) is 8.63. The molecule has 18 heavy (non-hydrogen) atoms. The molecule has 0 aliphatic carbocycles. The van der Waals surface area contributed by atoms with Crippen LogP contribution in [0.2, 0.25) is 0 Å². The van der Waals surface area contributed by atoms with E-state index >= 15 is 0 Å². The summed E-state index contributed by atoms with van der Waals surface area (Å²) in [4.78, 5) is 6.58. The van der Waals surface area contributed by atoms with Gasteiger partial charge < -0.3 is 9.64 Å². The topological polar surface area (TPSA) is 25.4 Å². The minimum atomic E-state index is 0.189. The average Bonchev–Trinajstić information content (AvgIpc) is 2.72. The van der Waals surface area contributed by atoms with E-state index in [0.717, 1.165) is 17.9 Å². The van der Waals surface area contributed by atoms with Gasteiger partial charge in [-0.05, 0) is 51.4 Å². The fraction of sp³-hybridized carbons (Fsp3) is 0.533. The van der Waals surface area contributed by atoms with Gasteiger partial charge in [0.2, 0.25) is 0 Å². The summed E-state index contributed by atoms with van der Waals surface area (Å²) >= 11 is 0. The lowest BCUT2D eigenvalue weighted by Gasteiger charge is -2.09. The first-order valence-electron chi connectivity index (χ1n) is 6.62. The third-order valence-electron chi connectivity index (χ3n) is 3.09. The first kappa shape index (κ1) is 13.1. The number of hydrogen-bond donors (Lipinski definition) is 0. The van der Waals surface area contributed by atoms with Crippen LogP contribution >= 0.6 is 0 Å². The van der Waals surface area contributed by atoms with E-state index in [2.05, 4.69) is 29.1 Å². The van der Waals surface area contributed by atoms with Crippen molar-refractivity contribution in [3.05, 3.63) is 30.1 Å². The van der Waals surface area contributed by atoms with Crippen LogP contribution in [-0.2, 0) is 0 Å². The van der Waals surface area contributed by atoms with Crippen LogP contribution in [0.1, 0.15) is 25.8 Å². The lowest BCUT2D eigenvalue weighted by atomic mass is 10.1. The van der Waals surface area contributed by atoms with Gasteiger partial charge in [-0.2, -0.15) is 0 Å². The normalized spacial score (nSPS) is 21.0. The molecule has 1 saturated heterocycles. The van der Waals surface area contributed by atoms with Gasteiger partial charge in [0.05, 0.1) is 12.3 Å². The lowest BCUT2D eigenvalue weighted by Crippen LogP contribution is -2.13. The summed E-state index contributed by atoms with van der Waals surface area (Å²) in [6.07, 6.45) is 9.53. The van der Waals surface area contributed by atoms with E-state index in [1.165, 1.54) is 13.0 Å². The van der Waals surface area contributed by atoms with E-state index in [9.17, 15) is 0 Å². The highest BCUT2D eigenvalue weighted by Crippen LogP contribution is 2.18. The highest BCUT2D eigenvalue weighted by molar-refractivity contribution is 5.50. The molecule has 0 radical (unpaired) electrons. The van der Waals surface area contributed by atoms with Crippen LogP contribution in [-0.4, -0.2) is 36.1 Å². The van der Waals surface area contributed by atoms with Gasteiger partial charge >= 0.3 is 0 Å². The molecule has 1 fully saturated rings. The zero-order valence-corrected chi connectivity index (χ0v) is 11.5. The molecule has 0 bridgehead atoms. The molecule has 1 aliphatic rings. The van der Waals surface area contributed by atoms with Crippen molar-refractivity contribution in [2.24, 2.45) is 5.92 Å². The minimum absolute atomic E-state index is 0.189. The summed E-state index contributed by atoms with van der Waals surface area (Å²) in [5.41, 5.74) is 1.11. The molecule has 1 aromatic heterocycles. The molecule has 3 nitrogen and oxygen atoms in total. The van der Waals surface area contributed by atoms with Gasteiger partial charge in [0, 0.05) is 12.7 Å². The zero-order valence-electron chi connectivity index (χ0n) is 11.5. The SMILES string of the molecule is CC(C)Oc1cncc(/C=C/[C@@H]2CCN(C)C2)c1. The molecule has 98 valence electrons. The summed E-state index contributed by atoms with van der Waals surface area (Å²) in [7, 11) is 2.17. The highest BCUT2D eigenvalue weighted by Gasteiger charge is 2.16. The van der Waals surface area contributed by atoms with E-state index < -0.39 is 0 Å². The van der Waals surface area contributed by atoms with E-state index in [1.807, 2.05) is 26.1 Å². The Morgan fingerprint density at radius 2 is 2.28 bits per heavy atom. The summed E-state index contributed by atoms with van der Waals surface area (Å²) in [6.45, 7) is 6.41. The summed E-state index contributed by atoms with van der Waals surface area (Å²) in [5.74, 6) is 1.51. The number of rotatable bonds is 4. The van der Waals surface area contributed by atoms with Crippen LogP contribution in [0.15, 0.2) is 24.5 Å². The van der Waals surface area contributed by atoms with Crippen molar-refractivity contribution in [2.75, 3.05) is 20.1 Å². The second kappa shape index (κ2) is 6.01. The van der Waals surface area contributed by atoms with Crippen LogP contribution in [0, 0.1) is 5.92 Å². The van der Waals surface area contributed by atoms with Crippen LogP contribution < -0.4 is 4.74 Å². The van der Waals surface area contributed by atoms with Gasteiger partial charge in [0.15, 0.2) is 0 Å². The predicted octanol–water partition coefficient (Wildman–Crippen LogP) is 2.83. The smallest absolute Gasteiger partial charge is 0.138 e. The molecule has 1 aromatic rings. The Morgan fingerprint density at radius 3 is 2.94 bits per heavy atom. The summed E-state index contributed by atoms with van der Waals surface area (Å²) < 4.78 is 5.64. The summed E-state index contributed by atoms with van der Waals surface area (Å²) in [5, 5.41) is 0. The predicted molar refractivity (Wildman–Crippen MR) is 74.6 cm³/mol. The lowest BCUT2D eigenvalue weighted by molar-refractivity contribution is 0.241. The molecule has 2 heterocycles. The van der Waals surface area contributed by atoms with Crippen LogP contribution in [0.4, 0.5) is 0 Å². The Hall–Kier alpha value is -1.35. The molecule has 2 rings (SSSR count). The largest absolute Gasteiger partial charge is 0.489 e. The molecule has 1 aliphatic heterocycles. The molecular formula is C15H22N2O. The van der Waals surface area contributed by atoms with E-state index in [0.29, 0.717) is 5.92 Å². The molecular weight excluding hydrogens is 224 g/mol. The second-order valence-electron chi connectivity index (χ2n) is 5.29. The van der Waals surface area contributed by atoms with Gasteiger partial charge in [-0.25, -0.2) is 0 Å². The van der Waals surface area contributed by atoms with Crippen molar-refractivity contribution in [3.63, 3.8) is 0 Å². The number of likely N-dealkylation sites (tertiary alicyclic amines) is 1. The third kappa shape index (κ3) is 3.84. The van der Waals surface area contributed by atoms with Crippen LogP contribution in [0.3, 0.4) is 0 Å². The van der Waals surface area contributed by atoms with Crippen molar-refractivity contribution < 1.29 is 4.74 Å². The van der Waals surface area contributed by atoms with Gasteiger partial charge in [-0.15, -0.1) is 0 Å². The fourth-order valence-corrected chi connectivity index (χ4v) is 2.24. The Kier molecular flexibility index (Phi) is 4.37. The van der Waals surface area contributed by atoms with Crippen LogP contribution in [0.25, 0.3) is 6.08 Å². The molecule has 1 atom stereocenters. The molecule has 0 aromatic carbocycles. The zero-order chi connectivity index (χ0) is 13.0. The Labute approximate surface area is 109 Å². The molecule has 0 N–H and O–H groups in total. The summed E-state index contributed by atoms with van der Waals surface area (Å²) in [6, 6.07) is 2.04. The Morgan fingerprint density at radius 1 is 1.44 bits per heavy atom. The standard InChI is InChI=1S/C15H22N2O/c1-12(2)18-15-8-14(9-16-10-15)5-4-13-6-7-17(3)11-13/h4-5,8-10,12-13H,6-7,11H2,1-3H3/b5-4+/t13-/m1/s1. The van der Waals surface area contributed by atoms with Crippen molar-refractivity contribution in [1.29, 1.82) is 0 Å². The van der Waals surface area contributed by atoms with Gasteiger partial charge in [-0.1, -0.05) is 12.2 Å². The number of pyridine rings is 1. The Bertz CT molecular complexity index is 415. The maximum Gasteiger partial charge on any atom is 0.138 e. The molecule has 0 unspecified atom stereocenters. The van der Waals surface area contributed by atoms with Gasteiger partial charge in [0.25, 0.3) is 0 Å². The van der Waals surface area contributed by atoms with Crippen molar-refractivity contribution in [2.45, 2.75) is 26.4 Å². The number of nitrogens with zero attached hydrogens (tertiary/aromatic N) is 2. The average molecular weight is 246 g/mol. The van der Waals surface area contributed by atoms with E-state index in [4.69, 9.17) is 4.74 Å². The van der Waals surface area contributed by atoms with E-state index in [1.54, 1.807) is 6.20 Å². The van der Waals surface area contributed by atoms with Crippen molar-refractivity contribution >= 4 is 6.08 Å². The fourth-order valence-electron chi connectivity index (χ4n) is 2.24. The molecule has 0 saturated carbocycles. The molecule has 3 heteroatoms. The van der Waals surface area contributed by atoms with Crippen LogP contribution in [0.5, 0.6) is 5.75 Å². The van der Waals surface area contributed by atoms with E-state index in [-0.39, 0.29) is 6.10 Å². The Balaban J connectivity index is 1.98. The van der Waals surface area contributed by atoms with Crippen molar-refractivity contribution in [1.82, 2.24) is 9.88 Å². The monoisotopic (exact) mass is 246 g/mol. The van der Waals surface area contributed by atoms with Gasteiger partial charge in [0.1, 0.15) is 5.75 Å². The molecule has 0 amide bonds. The quantitative estimate of drug-likeness (QED) is 0.817. The first-order valence-corrected chi connectivity index (χ1v) is 6.62. The minimum Gasteiger partial charge on any atom is -0.489 e. The molecule has 0 spiro atoms. The highest BCUT2D eigenvalue weighted by atomic mass is 16.5. The second-order valence-corrected chi connectivity index (χ2v) is 5.29. The maximum atomic E-state index is 5.64. The third-order valence-corrected chi connectivity index (χ3v) is 3.09. The number of aromatic nitrogens is 1.